The van der Waals surface area contributed by atoms with Crippen LogP contribution in [0.15, 0.2) is 60.7 Å². The van der Waals surface area contributed by atoms with Crippen LogP contribution in [-0.2, 0) is 13.0 Å². The van der Waals surface area contributed by atoms with Crippen LogP contribution in [0.5, 0.6) is 0 Å². The third kappa shape index (κ3) is 6.81. The van der Waals surface area contributed by atoms with E-state index in [9.17, 15) is 14.7 Å². The van der Waals surface area contributed by atoms with E-state index in [1.54, 1.807) is 23.5 Å². The van der Waals surface area contributed by atoms with Gasteiger partial charge in [-0.2, -0.15) is 0 Å². The van der Waals surface area contributed by atoms with Crippen LogP contribution in [0.1, 0.15) is 68.3 Å². The van der Waals surface area contributed by atoms with Crippen molar-refractivity contribution in [3.8, 4) is 0 Å². The van der Waals surface area contributed by atoms with E-state index in [-0.39, 0.29) is 11.9 Å². The van der Waals surface area contributed by atoms with Crippen molar-refractivity contribution in [2.75, 3.05) is 30.3 Å². The van der Waals surface area contributed by atoms with Crippen molar-refractivity contribution in [1.29, 1.82) is 0 Å². The number of aryl methyl sites for hydroxylation is 1. The Kier molecular flexibility index (Phi) is 9.32. The summed E-state index contributed by atoms with van der Waals surface area (Å²) in [5, 5.41) is 19.4. The lowest BCUT2D eigenvalue weighted by Crippen LogP contribution is -2.44. The fourth-order valence-electron chi connectivity index (χ4n) is 5.96. The van der Waals surface area contributed by atoms with Gasteiger partial charge >= 0.3 is 0 Å². The molecule has 1 saturated heterocycles. The van der Waals surface area contributed by atoms with Gasteiger partial charge in [0.25, 0.3) is 11.8 Å². The van der Waals surface area contributed by atoms with Gasteiger partial charge in [0.15, 0.2) is 0 Å². The van der Waals surface area contributed by atoms with Crippen LogP contribution in [-0.4, -0.2) is 47.6 Å². The van der Waals surface area contributed by atoms with E-state index < -0.39 is 12.0 Å². The molecule has 1 atom stereocenters. The molecule has 2 aromatic carbocycles. The molecule has 7 N–H and O–H groups in total. The largest absolute Gasteiger partial charge is 0.397 e. The zero-order chi connectivity index (χ0) is 31.5. The Hall–Kier alpha value is -4.03. The Bertz CT molecular complexity index is 1790. The lowest BCUT2D eigenvalue weighted by molar-refractivity contribution is 0.0949. The Morgan fingerprint density at radius 2 is 1.84 bits per heavy atom. The number of carbonyl (C=O) groups excluding carboxylic acids is 2. The third-order valence-electron chi connectivity index (χ3n) is 8.39. The van der Waals surface area contributed by atoms with Crippen molar-refractivity contribution in [3.63, 3.8) is 0 Å². The molecule has 1 fully saturated rings. The number of amides is 2. The summed E-state index contributed by atoms with van der Waals surface area (Å²) in [4.78, 5) is 34.0. The number of carbonyl (C=O) groups is 2. The molecule has 234 valence electrons. The van der Waals surface area contributed by atoms with E-state index in [1.807, 2.05) is 24.3 Å². The summed E-state index contributed by atoms with van der Waals surface area (Å²) in [7, 11) is 0. The second-order valence-electron chi connectivity index (χ2n) is 11.5. The first-order valence-electron chi connectivity index (χ1n) is 15.3. The number of aromatic nitrogens is 1. The molecule has 6 rings (SSSR count). The summed E-state index contributed by atoms with van der Waals surface area (Å²) in [6.07, 6.45) is 2.95. The second kappa shape index (κ2) is 13.5. The van der Waals surface area contributed by atoms with Gasteiger partial charge in [-0.25, -0.2) is 4.98 Å². The zero-order valence-corrected chi connectivity index (χ0v) is 26.8. The quantitative estimate of drug-likeness (QED) is 0.130. The maximum absolute atomic E-state index is 12.7. The van der Waals surface area contributed by atoms with Crippen LogP contribution >= 0.6 is 22.7 Å². The van der Waals surface area contributed by atoms with Gasteiger partial charge in [-0.3, -0.25) is 9.59 Å². The number of aliphatic hydroxyl groups is 1. The minimum atomic E-state index is -0.678. The van der Waals surface area contributed by atoms with E-state index in [0.717, 1.165) is 70.8 Å². The van der Waals surface area contributed by atoms with Crippen LogP contribution in [0.25, 0.3) is 20.3 Å². The number of piperidine rings is 1. The molecule has 1 unspecified atom stereocenters. The highest BCUT2D eigenvalue weighted by molar-refractivity contribution is 7.21. The van der Waals surface area contributed by atoms with E-state index in [2.05, 4.69) is 46.7 Å². The van der Waals surface area contributed by atoms with Crippen molar-refractivity contribution in [3.05, 3.63) is 87.1 Å². The van der Waals surface area contributed by atoms with Crippen molar-refractivity contribution in [2.45, 2.75) is 51.3 Å². The van der Waals surface area contributed by atoms with Gasteiger partial charge in [0.1, 0.15) is 15.5 Å². The average molecular weight is 643 g/mol. The molecule has 0 spiro atoms. The Labute approximate surface area is 270 Å². The molecule has 0 aliphatic carbocycles. The molecule has 0 bridgehead atoms. The third-order valence-corrected chi connectivity index (χ3v) is 10.6. The van der Waals surface area contributed by atoms with Gasteiger partial charge in [-0.15, -0.1) is 22.7 Å². The molecule has 1 aliphatic rings. The summed E-state index contributed by atoms with van der Waals surface area (Å²) in [5.41, 5.74) is 14.7. The molecule has 9 nitrogen and oxygen atoms in total. The average Bonchev–Trinajstić information content (AvgIpc) is 3.63. The number of aliphatic hydroxyl groups excluding tert-OH is 1. The SMILES string of the molecule is CCCc1cc(N2CCC(NCC(O)c3ccc(C(=O)NCc4cc5ccccc5s4)cc3)CC2)nc2sc(C(N)=O)c(N)c12. The number of anilines is 2. The minimum absolute atomic E-state index is 0.135. The monoisotopic (exact) mass is 642 g/mol. The zero-order valence-electron chi connectivity index (χ0n) is 25.2. The number of fused-ring (bicyclic) bond motifs is 2. The lowest BCUT2D eigenvalue weighted by atomic mass is 10.0. The topological polar surface area (TPSA) is 147 Å². The summed E-state index contributed by atoms with van der Waals surface area (Å²) >= 11 is 2.95. The molecule has 0 saturated carbocycles. The van der Waals surface area contributed by atoms with E-state index >= 15 is 0 Å². The molecule has 4 heterocycles. The number of nitrogens with zero attached hydrogens (tertiary/aromatic N) is 2. The Morgan fingerprint density at radius 3 is 2.56 bits per heavy atom. The van der Waals surface area contributed by atoms with Gasteiger partial charge in [-0.05, 0) is 66.1 Å². The summed E-state index contributed by atoms with van der Waals surface area (Å²) in [6, 6.07) is 19.8. The van der Waals surface area contributed by atoms with E-state index in [0.29, 0.717) is 29.2 Å². The first-order chi connectivity index (χ1) is 21.8. The highest BCUT2D eigenvalue weighted by Crippen LogP contribution is 2.37. The smallest absolute Gasteiger partial charge is 0.260 e. The van der Waals surface area contributed by atoms with Gasteiger partial charge < -0.3 is 32.1 Å². The number of nitrogens with two attached hydrogens (primary N) is 2. The number of hydrogen-bond acceptors (Lipinski definition) is 9. The Balaban J connectivity index is 0.998. The van der Waals surface area contributed by atoms with Crippen LogP contribution in [0, 0.1) is 0 Å². The molecule has 3 aromatic heterocycles. The number of benzene rings is 2. The summed E-state index contributed by atoms with van der Waals surface area (Å²) < 4.78 is 1.21. The Morgan fingerprint density at radius 1 is 1.09 bits per heavy atom. The summed E-state index contributed by atoms with van der Waals surface area (Å²) in [5.74, 6) is 0.244. The molecule has 11 heteroatoms. The number of primary amides is 1. The van der Waals surface area contributed by atoms with Crippen molar-refractivity contribution in [1.82, 2.24) is 15.6 Å². The minimum Gasteiger partial charge on any atom is -0.397 e. The molecule has 5 aromatic rings. The lowest BCUT2D eigenvalue weighted by Gasteiger charge is -2.34. The number of pyridine rings is 1. The second-order valence-corrected chi connectivity index (χ2v) is 13.7. The molecule has 0 radical (unpaired) electrons. The molecule has 45 heavy (non-hydrogen) atoms. The number of nitrogen functional groups attached to an aromatic ring is 1. The molecule has 1 aliphatic heterocycles. The van der Waals surface area contributed by atoms with Crippen molar-refractivity contribution < 1.29 is 14.7 Å². The first kappa shape index (κ1) is 31.0. The summed E-state index contributed by atoms with van der Waals surface area (Å²) in [6.45, 7) is 4.68. The van der Waals surface area contributed by atoms with Crippen LogP contribution in [0.3, 0.4) is 0 Å². The standard InChI is InChI=1S/C34H38N6O3S2/c1-2-5-23-17-28(39-34-29(23)30(35)31(45-34)32(36)42)40-14-12-24(13-15-40)37-19-26(41)20-8-10-21(11-9-20)33(43)38-18-25-16-22-6-3-4-7-27(22)44-25/h3-4,6-11,16-17,24,26,37,41H,2,5,12-15,18-19,35H2,1H3,(H2,36,42)(H,38,43). The van der Waals surface area contributed by atoms with Gasteiger partial charge in [0.05, 0.1) is 18.3 Å². The fraction of sp³-hybridized carbons (Fsp3) is 0.324. The fourth-order valence-corrected chi connectivity index (χ4v) is 7.95. The number of rotatable bonds is 11. The molecule has 2 amide bonds. The van der Waals surface area contributed by atoms with Crippen molar-refractivity contribution >= 4 is 66.3 Å². The van der Waals surface area contributed by atoms with Gasteiger partial charge in [-0.1, -0.05) is 43.7 Å². The normalized spacial score (nSPS) is 14.7. The van der Waals surface area contributed by atoms with Gasteiger partial charge in [0, 0.05) is 46.2 Å². The van der Waals surface area contributed by atoms with E-state index in [1.165, 1.54) is 21.4 Å². The molecular weight excluding hydrogens is 605 g/mol. The van der Waals surface area contributed by atoms with Gasteiger partial charge in [0.2, 0.25) is 0 Å². The molecular formula is C34H38N6O3S2. The predicted octanol–water partition coefficient (Wildman–Crippen LogP) is 5.37. The number of hydrogen-bond donors (Lipinski definition) is 5. The van der Waals surface area contributed by atoms with Crippen LogP contribution in [0.2, 0.25) is 0 Å². The predicted molar refractivity (Wildman–Crippen MR) is 184 cm³/mol. The maximum Gasteiger partial charge on any atom is 0.260 e. The van der Waals surface area contributed by atoms with Crippen LogP contribution < -0.4 is 27.0 Å². The highest BCUT2D eigenvalue weighted by Gasteiger charge is 2.24. The van der Waals surface area contributed by atoms with E-state index in [4.69, 9.17) is 16.5 Å². The van der Waals surface area contributed by atoms with Crippen LogP contribution in [0.4, 0.5) is 11.5 Å². The maximum atomic E-state index is 12.7. The first-order valence-corrected chi connectivity index (χ1v) is 17.0. The number of thiophene rings is 2. The highest BCUT2D eigenvalue weighted by atomic mass is 32.1. The van der Waals surface area contributed by atoms with Crippen molar-refractivity contribution in [2.24, 2.45) is 5.73 Å². The number of nitrogens with one attached hydrogen (secondary N) is 2.